The Hall–Kier alpha value is -1.46. The zero-order valence-electron chi connectivity index (χ0n) is 7.85. The smallest absolute Gasteiger partial charge is 0.325 e. The van der Waals surface area contributed by atoms with Crippen LogP contribution in [-0.4, -0.2) is 31.3 Å². The molecule has 1 N–H and O–H groups in total. The lowest BCUT2D eigenvalue weighted by molar-refractivity contribution is -0.138. The Balaban J connectivity index is 2.96. The Labute approximate surface area is 75.6 Å². The first-order valence-corrected chi connectivity index (χ1v) is 3.89. The summed E-state index contributed by atoms with van der Waals surface area (Å²) in [6.07, 6.45) is 0. The Morgan fingerprint density at radius 2 is 2.15 bits per heavy atom. The molecule has 0 saturated heterocycles. The lowest BCUT2D eigenvalue weighted by Gasteiger charge is -2.15. The van der Waals surface area contributed by atoms with E-state index >= 15 is 0 Å². The maximum atomic E-state index is 10.4. The molecule has 1 aromatic rings. The van der Waals surface area contributed by atoms with Gasteiger partial charge >= 0.3 is 5.97 Å². The van der Waals surface area contributed by atoms with E-state index < -0.39 is 5.97 Å². The van der Waals surface area contributed by atoms with Gasteiger partial charge in [0.05, 0.1) is 0 Å². The predicted molar refractivity (Wildman–Crippen MR) is 44.2 cm³/mol. The number of aromatic nitrogens is 4. The Bertz CT molecular complexity index is 313. The van der Waals surface area contributed by atoms with Gasteiger partial charge in [0.25, 0.3) is 0 Å². The van der Waals surface area contributed by atoms with Crippen LogP contribution in [0.3, 0.4) is 0 Å². The van der Waals surface area contributed by atoms with Gasteiger partial charge in [0.1, 0.15) is 6.54 Å². The average Bonchev–Trinajstić information content (AvgIpc) is 2.31. The average molecular weight is 184 g/mol. The molecule has 1 aromatic heterocycles. The number of carbonyl (C=O) groups is 1. The van der Waals surface area contributed by atoms with Crippen molar-refractivity contribution >= 4 is 5.97 Å². The van der Waals surface area contributed by atoms with Crippen molar-refractivity contribution in [2.45, 2.75) is 32.7 Å². The summed E-state index contributed by atoms with van der Waals surface area (Å²) in [5.74, 6) is -0.368. The normalized spacial score (nSPS) is 11.6. The van der Waals surface area contributed by atoms with E-state index in [1.165, 1.54) is 4.68 Å². The van der Waals surface area contributed by atoms with Crippen molar-refractivity contribution in [2.75, 3.05) is 0 Å². The number of nitrogens with zero attached hydrogens (tertiary/aromatic N) is 4. The molecule has 6 heteroatoms. The van der Waals surface area contributed by atoms with Crippen molar-refractivity contribution in [1.29, 1.82) is 0 Å². The Kier molecular flexibility index (Phi) is 2.31. The molecular weight excluding hydrogens is 172 g/mol. The number of carboxylic acids is 1. The van der Waals surface area contributed by atoms with Crippen LogP contribution in [0.25, 0.3) is 0 Å². The molecule has 6 nitrogen and oxygen atoms in total. The molecule has 0 spiro atoms. The van der Waals surface area contributed by atoms with Crippen LogP contribution < -0.4 is 0 Å². The number of carboxylic acid groups (broad SMARTS) is 1. The van der Waals surface area contributed by atoms with Gasteiger partial charge in [-0.15, -0.1) is 5.10 Å². The summed E-state index contributed by atoms with van der Waals surface area (Å²) in [5.41, 5.74) is -0.237. The minimum Gasteiger partial charge on any atom is -0.480 e. The van der Waals surface area contributed by atoms with E-state index in [1.807, 2.05) is 20.8 Å². The maximum absolute atomic E-state index is 10.4. The van der Waals surface area contributed by atoms with Crippen molar-refractivity contribution in [3.63, 3.8) is 0 Å². The molecular formula is C7H12N4O2. The first-order valence-electron chi connectivity index (χ1n) is 3.89. The Morgan fingerprint density at radius 1 is 1.54 bits per heavy atom. The van der Waals surface area contributed by atoms with E-state index in [4.69, 9.17) is 5.11 Å². The lowest BCUT2D eigenvalue weighted by atomic mass is 9.96. The molecule has 0 unspecified atom stereocenters. The number of rotatable bonds is 2. The SMILES string of the molecule is CC(C)(C)c1nnnn1CC(=O)O. The van der Waals surface area contributed by atoms with Crippen molar-refractivity contribution in [3.8, 4) is 0 Å². The van der Waals surface area contributed by atoms with Crippen LogP contribution in [-0.2, 0) is 16.8 Å². The molecule has 72 valence electrons. The maximum Gasteiger partial charge on any atom is 0.325 e. The van der Waals surface area contributed by atoms with Crippen LogP contribution in [0.4, 0.5) is 0 Å². The summed E-state index contributed by atoms with van der Waals surface area (Å²) in [6.45, 7) is 5.59. The molecule has 0 aliphatic rings. The minimum atomic E-state index is -0.946. The zero-order valence-corrected chi connectivity index (χ0v) is 7.85. The zero-order chi connectivity index (χ0) is 10.1. The first kappa shape index (κ1) is 9.63. The quantitative estimate of drug-likeness (QED) is 0.702. The van der Waals surface area contributed by atoms with Crippen LogP contribution in [0, 0.1) is 0 Å². The van der Waals surface area contributed by atoms with Crippen LogP contribution in [0.2, 0.25) is 0 Å². The van der Waals surface area contributed by atoms with Crippen molar-refractivity contribution in [3.05, 3.63) is 5.82 Å². The molecule has 0 atom stereocenters. The predicted octanol–water partition coefficient (Wildman–Crippen LogP) is 0.0552. The number of tetrazole rings is 1. The van der Waals surface area contributed by atoms with Crippen LogP contribution in [0.15, 0.2) is 0 Å². The third-order valence-corrected chi connectivity index (χ3v) is 1.49. The van der Waals surface area contributed by atoms with E-state index in [2.05, 4.69) is 15.5 Å². The van der Waals surface area contributed by atoms with Gasteiger partial charge in [-0.1, -0.05) is 20.8 Å². The highest BCUT2D eigenvalue weighted by Crippen LogP contribution is 2.18. The van der Waals surface area contributed by atoms with Crippen molar-refractivity contribution in [2.24, 2.45) is 0 Å². The number of hydrogen-bond donors (Lipinski definition) is 1. The summed E-state index contributed by atoms with van der Waals surface area (Å²) in [5, 5.41) is 19.4. The molecule has 0 fully saturated rings. The highest BCUT2D eigenvalue weighted by atomic mass is 16.4. The van der Waals surface area contributed by atoms with Crippen LogP contribution in [0.1, 0.15) is 26.6 Å². The summed E-state index contributed by atoms with van der Waals surface area (Å²) < 4.78 is 1.29. The van der Waals surface area contributed by atoms with Crippen LogP contribution in [0.5, 0.6) is 0 Å². The summed E-state index contributed by atoms with van der Waals surface area (Å²) in [6, 6.07) is 0. The van der Waals surface area contributed by atoms with E-state index in [0.717, 1.165) is 0 Å². The van der Waals surface area contributed by atoms with Gasteiger partial charge in [-0.05, 0) is 10.4 Å². The fourth-order valence-electron chi connectivity index (χ4n) is 0.976. The molecule has 1 heterocycles. The second kappa shape index (κ2) is 3.12. The van der Waals surface area contributed by atoms with Gasteiger partial charge in [-0.2, -0.15) is 0 Å². The largest absolute Gasteiger partial charge is 0.480 e. The van der Waals surface area contributed by atoms with Gasteiger partial charge in [0.2, 0.25) is 0 Å². The topological polar surface area (TPSA) is 80.9 Å². The monoisotopic (exact) mass is 184 g/mol. The second-order valence-electron chi connectivity index (χ2n) is 3.80. The first-order chi connectivity index (χ1) is 5.91. The summed E-state index contributed by atoms with van der Waals surface area (Å²) in [4.78, 5) is 10.4. The van der Waals surface area contributed by atoms with Gasteiger partial charge in [0, 0.05) is 5.41 Å². The standard InChI is InChI=1S/C7H12N4O2/c1-7(2,3)6-8-9-10-11(6)4-5(12)13/h4H2,1-3H3,(H,12,13). The molecule has 0 radical (unpaired) electrons. The highest BCUT2D eigenvalue weighted by molar-refractivity contribution is 5.66. The van der Waals surface area contributed by atoms with Gasteiger partial charge < -0.3 is 5.11 Å². The second-order valence-corrected chi connectivity index (χ2v) is 3.80. The molecule has 0 aliphatic heterocycles. The summed E-state index contributed by atoms with van der Waals surface area (Å²) >= 11 is 0. The van der Waals surface area contributed by atoms with Crippen LogP contribution >= 0.6 is 0 Å². The van der Waals surface area contributed by atoms with Gasteiger partial charge in [-0.25, -0.2) is 4.68 Å². The van der Waals surface area contributed by atoms with Gasteiger partial charge in [0.15, 0.2) is 5.82 Å². The fourth-order valence-corrected chi connectivity index (χ4v) is 0.976. The molecule has 0 saturated carbocycles. The minimum absolute atomic E-state index is 0.195. The lowest BCUT2D eigenvalue weighted by Crippen LogP contribution is -2.22. The molecule has 0 amide bonds. The van der Waals surface area contributed by atoms with E-state index in [1.54, 1.807) is 0 Å². The van der Waals surface area contributed by atoms with Crippen molar-refractivity contribution in [1.82, 2.24) is 20.2 Å². The van der Waals surface area contributed by atoms with E-state index in [0.29, 0.717) is 5.82 Å². The Morgan fingerprint density at radius 3 is 2.62 bits per heavy atom. The van der Waals surface area contributed by atoms with Gasteiger partial charge in [-0.3, -0.25) is 4.79 Å². The molecule has 0 aliphatic carbocycles. The molecule has 13 heavy (non-hydrogen) atoms. The summed E-state index contributed by atoms with van der Waals surface area (Å²) in [7, 11) is 0. The van der Waals surface area contributed by atoms with Crippen molar-refractivity contribution < 1.29 is 9.90 Å². The third-order valence-electron chi connectivity index (χ3n) is 1.49. The number of aliphatic carboxylic acids is 1. The number of hydrogen-bond acceptors (Lipinski definition) is 4. The molecule has 0 bridgehead atoms. The fraction of sp³-hybridized carbons (Fsp3) is 0.714. The van der Waals surface area contributed by atoms with E-state index in [-0.39, 0.29) is 12.0 Å². The van der Waals surface area contributed by atoms with E-state index in [9.17, 15) is 4.79 Å². The molecule has 1 rings (SSSR count). The molecule has 0 aromatic carbocycles. The third kappa shape index (κ3) is 2.24. The highest BCUT2D eigenvalue weighted by Gasteiger charge is 2.22.